The highest BCUT2D eigenvalue weighted by molar-refractivity contribution is 6.32. The zero-order valence-corrected chi connectivity index (χ0v) is 10.0. The van der Waals surface area contributed by atoms with Gasteiger partial charge < -0.3 is 10.2 Å². The number of carboxylic acids is 1. The number of phenolic OH excluding ortho intramolecular Hbond substituents is 1. The van der Waals surface area contributed by atoms with Crippen LogP contribution in [0.4, 0.5) is 4.39 Å². The van der Waals surface area contributed by atoms with E-state index in [2.05, 4.69) is 0 Å². The van der Waals surface area contributed by atoms with Crippen LogP contribution in [0.15, 0.2) is 6.07 Å². The van der Waals surface area contributed by atoms with Crippen molar-refractivity contribution >= 4 is 17.6 Å². The van der Waals surface area contributed by atoms with Gasteiger partial charge in [-0.15, -0.1) is 0 Å². The molecule has 1 fully saturated rings. The van der Waals surface area contributed by atoms with E-state index >= 15 is 0 Å². The van der Waals surface area contributed by atoms with Gasteiger partial charge in [0.15, 0.2) is 11.6 Å². The third kappa shape index (κ3) is 1.97. The van der Waals surface area contributed by atoms with Crippen molar-refractivity contribution in [3.8, 4) is 5.75 Å². The number of benzene rings is 1. The molecule has 0 heterocycles. The number of rotatable bonds is 3. The summed E-state index contributed by atoms with van der Waals surface area (Å²) in [7, 11) is 0. The molecule has 0 aromatic heterocycles. The van der Waals surface area contributed by atoms with Gasteiger partial charge in [0, 0.05) is 5.41 Å². The second-order valence-corrected chi connectivity index (χ2v) is 4.95. The van der Waals surface area contributed by atoms with Crippen LogP contribution in [0.2, 0.25) is 5.02 Å². The fourth-order valence-electron chi connectivity index (χ4n) is 2.12. The van der Waals surface area contributed by atoms with Crippen LogP contribution >= 0.6 is 11.6 Å². The number of aryl methyl sites for hydroxylation is 1. The molecule has 3 nitrogen and oxygen atoms in total. The molecule has 0 saturated heterocycles. The van der Waals surface area contributed by atoms with E-state index in [1.54, 1.807) is 6.92 Å². The van der Waals surface area contributed by atoms with Crippen molar-refractivity contribution in [2.75, 3.05) is 0 Å². The average Bonchev–Trinajstić information content (AvgIpc) is 3.00. The molecule has 0 unspecified atom stereocenters. The first-order valence-corrected chi connectivity index (χ1v) is 5.65. The average molecular weight is 259 g/mol. The topological polar surface area (TPSA) is 57.5 Å². The van der Waals surface area contributed by atoms with Crippen molar-refractivity contribution in [1.29, 1.82) is 0 Å². The summed E-state index contributed by atoms with van der Waals surface area (Å²) in [5.41, 5.74) is 0.152. The molecule has 1 aliphatic rings. The van der Waals surface area contributed by atoms with Gasteiger partial charge in [-0.25, -0.2) is 4.39 Å². The van der Waals surface area contributed by atoms with E-state index in [1.165, 1.54) is 6.07 Å². The summed E-state index contributed by atoms with van der Waals surface area (Å²) < 4.78 is 13.9. The van der Waals surface area contributed by atoms with Crippen molar-refractivity contribution in [3.05, 3.63) is 28.0 Å². The molecular formula is C12H12ClFO3. The minimum atomic E-state index is -0.964. The van der Waals surface area contributed by atoms with Crippen molar-refractivity contribution < 1.29 is 19.4 Å². The van der Waals surface area contributed by atoms with Gasteiger partial charge in [-0.3, -0.25) is 4.79 Å². The Kier molecular flexibility index (Phi) is 2.78. The zero-order chi connectivity index (χ0) is 12.8. The smallest absolute Gasteiger partial charge is 0.304 e. The van der Waals surface area contributed by atoms with E-state index in [0.29, 0.717) is 18.4 Å². The summed E-state index contributed by atoms with van der Waals surface area (Å²) >= 11 is 5.72. The van der Waals surface area contributed by atoms with Crippen LogP contribution in [-0.4, -0.2) is 16.2 Å². The van der Waals surface area contributed by atoms with Crippen LogP contribution in [0.25, 0.3) is 0 Å². The summed E-state index contributed by atoms with van der Waals surface area (Å²) in [4.78, 5) is 10.8. The standard InChI is InChI=1S/C12H12ClFO3/c1-6-4-7(10(14)11(17)9(6)13)12(2-3-12)5-8(15)16/h4,17H,2-3,5H2,1H3,(H,15,16). The molecule has 2 rings (SSSR count). The number of carboxylic acid groups (broad SMARTS) is 1. The SMILES string of the molecule is Cc1cc(C2(CC(=O)O)CC2)c(F)c(O)c1Cl. The number of halogens is 2. The minimum absolute atomic E-state index is 0.0163. The third-order valence-corrected chi connectivity index (χ3v) is 3.75. The predicted molar refractivity (Wildman–Crippen MR) is 61.0 cm³/mol. The van der Waals surface area contributed by atoms with Crippen LogP contribution in [0.5, 0.6) is 5.75 Å². The predicted octanol–water partition coefficient (Wildman–Crippen LogP) is 3.00. The Morgan fingerprint density at radius 3 is 2.65 bits per heavy atom. The molecular weight excluding hydrogens is 247 g/mol. The molecule has 2 N–H and O–H groups in total. The molecule has 17 heavy (non-hydrogen) atoms. The van der Waals surface area contributed by atoms with Crippen LogP contribution in [0.1, 0.15) is 30.4 Å². The van der Waals surface area contributed by atoms with Gasteiger partial charge in [-0.2, -0.15) is 0 Å². The highest BCUT2D eigenvalue weighted by Crippen LogP contribution is 2.53. The second kappa shape index (κ2) is 3.88. The molecule has 1 saturated carbocycles. The summed E-state index contributed by atoms with van der Waals surface area (Å²) in [6.45, 7) is 1.65. The van der Waals surface area contributed by atoms with E-state index in [0.717, 1.165) is 0 Å². The van der Waals surface area contributed by atoms with Gasteiger partial charge in [-0.05, 0) is 30.9 Å². The van der Waals surface area contributed by atoms with Crippen molar-refractivity contribution in [2.24, 2.45) is 0 Å². The number of hydrogen-bond acceptors (Lipinski definition) is 2. The van der Waals surface area contributed by atoms with E-state index in [9.17, 15) is 14.3 Å². The monoisotopic (exact) mass is 258 g/mol. The lowest BCUT2D eigenvalue weighted by molar-refractivity contribution is -0.137. The van der Waals surface area contributed by atoms with Crippen LogP contribution in [-0.2, 0) is 10.2 Å². The number of aliphatic carboxylic acids is 1. The molecule has 1 aliphatic carbocycles. The Hall–Kier alpha value is -1.29. The molecule has 1 aromatic carbocycles. The highest BCUT2D eigenvalue weighted by Gasteiger charge is 2.48. The summed E-state index contributed by atoms with van der Waals surface area (Å²) in [6.07, 6.45) is 1.12. The largest absolute Gasteiger partial charge is 0.504 e. The molecule has 0 radical (unpaired) electrons. The lowest BCUT2D eigenvalue weighted by Crippen LogP contribution is -2.15. The third-order valence-electron chi connectivity index (χ3n) is 3.27. The van der Waals surface area contributed by atoms with Crippen LogP contribution in [0.3, 0.4) is 0 Å². The van der Waals surface area contributed by atoms with Gasteiger partial charge in [0.1, 0.15) is 0 Å². The number of carbonyl (C=O) groups is 1. The van der Waals surface area contributed by atoms with Crippen molar-refractivity contribution in [3.63, 3.8) is 0 Å². The maximum absolute atomic E-state index is 13.9. The van der Waals surface area contributed by atoms with E-state index in [4.69, 9.17) is 16.7 Å². The first-order valence-electron chi connectivity index (χ1n) is 5.27. The Bertz CT molecular complexity index is 495. The normalized spacial score (nSPS) is 16.9. The quantitative estimate of drug-likeness (QED) is 0.876. The molecule has 1 aromatic rings. The van der Waals surface area contributed by atoms with Crippen LogP contribution < -0.4 is 0 Å². The minimum Gasteiger partial charge on any atom is -0.504 e. The molecule has 0 amide bonds. The summed E-state index contributed by atoms with van der Waals surface area (Å²) in [6, 6.07) is 1.54. The molecule has 5 heteroatoms. The van der Waals surface area contributed by atoms with Crippen molar-refractivity contribution in [1.82, 2.24) is 0 Å². The van der Waals surface area contributed by atoms with Gasteiger partial charge in [0.2, 0.25) is 0 Å². The Morgan fingerprint density at radius 2 is 2.18 bits per heavy atom. The number of aromatic hydroxyl groups is 1. The molecule has 0 aliphatic heterocycles. The number of phenols is 1. The fourth-order valence-corrected chi connectivity index (χ4v) is 2.26. The lowest BCUT2D eigenvalue weighted by Gasteiger charge is -2.16. The first kappa shape index (κ1) is 12.2. The molecule has 0 spiro atoms. The lowest BCUT2D eigenvalue weighted by atomic mass is 9.90. The Labute approximate surface area is 103 Å². The summed E-state index contributed by atoms with van der Waals surface area (Å²) in [5.74, 6) is -2.34. The molecule has 0 atom stereocenters. The first-order chi connectivity index (χ1) is 7.87. The maximum atomic E-state index is 13.9. The Morgan fingerprint density at radius 1 is 1.59 bits per heavy atom. The Balaban J connectivity index is 2.50. The molecule has 0 bridgehead atoms. The van der Waals surface area contributed by atoms with E-state index < -0.39 is 23.0 Å². The van der Waals surface area contributed by atoms with Gasteiger partial charge in [-0.1, -0.05) is 17.7 Å². The molecule has 92 valence electrons. The van der Waals surface area contributed by atoms with Gasteiger partial charge in [0.05, 0.1) is 11.4 Å². The van der Waals surface area contributed by atoms with E-state index in [1.807, 2.05) is 0 Å². The van der Waals surface area contributed by atoms with Crippen molar-refractivity contribution in [2.45, 2.75) is 31.6 Å². The fraction of sp³-hybridized carbons (Fsp3) is 0.417. The number of hydrogen-bond donors (Lipinski definition) is 2. The zero-order valence-electron chi connectivity index (χ0n) is 9.26. The second-order valence-electron chi connectivity index (χ2n) is 4.57. The van der Waals surface area contributed by atoms with Gasteiger partial charge in [0.25, 0.3) is 0 Å². The highest BCUT2D eigenvalue weighted by atomic mass is 35.5. The summed E-state index contributed by atoms with van der Waals surface area (Å²) in [5, 5.41) is 18.3. The van der Waals surface area contributed by atoms with E-state index in [-0.39, 0.29) is 17.0 Å². The van der Waals surface area contributed by atoms with Crippen LogP contribution in [0, 0.1) is 12.7 Å². The maximum Gasteiger partial charge on any atom is 0.304 e. The van der Waals surface area contributed by atoms with Gasteiger partial charge >= 0.3 is 5.97 Å².